The van der Waals surface area contributed by atoms with Gasteiger partial charge in [0.05, 0.1) is 0 Å². The van der Waals surface area contributed by atoms with Crippen molar-refractivity contribution in [1.82, 2.24) is 4.72 Å². The number of halogens is 3. The summed E-state index contributed by atoms with van der Waals surface area (Å²) < 4.78 is 67.0. The Labute approximate surface area is 121 Å². The van der Waals surface area contributed by atoms with Crippen molar-refractivity contribution in [2.45, 2.75) is 42.5 Å². The smallest absolute Gasteiger partial charge is 0.246 e. The molecule has 8 heteroatoms. The lowest BCUT2D eigenvalue weighted by Crippen LogP contribution is -2.54. The molecule has 1 aliphatic rings. The minimum Gasteiger partial charge on any atom is -0.329 e. The first-order valence-corrected chi connectivity index (χ1v) is 8.17. The molecule has 1 aliphatic carbocycles. The minimum absolute atomic E-state index is 0.0384. The van der Waals surface area contributed by atoms with Crippen LogP contribution >= 0.6 is 0 Å². The molecule has 1 aromatic rings. The van der Waals surface area contributed by atoms with Crippen molar-refractivity contribution in [3.05, 3.63) is 29.6 Å². The second kappa shape index (κ2) is 5.94. The number of benzene rings is 1. The van der Waals surface area contributed by atoms with Crippen LogP contribution in [0.1, 0.15) is 32.1 Å². The van der Waals surface area contributed by atoms with Crippen molar-refractivity contribution in [2.75, 3.05) is 6.54 Å². The van der Waals surface area contributed by atoms with E-state index >= 15 is 0 Å². The zero-order valence-electron chi connectivity index (χ0n) is 11.3. The summed E-state index contributed by atoms with van der Waals surface area (Å²) in [6.45, 7) is 0.0384. The van der Waals surface area contributed by atoms with E-state index in [1.807, 2.05) is 0 Å². The highest BCUT2D eigenvalue weighted by Crippen LogP contribution is 2.30. The summed E-state index contributed by atoms with van der Waals surface area (Å²) in [7, 11) is -4.46. The van der Waals surface area contributed by atoms with Crippen LogP contribution in [-0.4, -0.2) is 20.5 Å². The van der Waals surface area contributed by atoms with Crippen molar-refractivity contribution in [1.29, 1.82) is 0 Å². The van der Waals surface area contributed by atoms with Gasteiger partial charge in [0.1, 0.15) is 17.5 Å². The number of nitrogens with one attached hydrogen (secondary N) is 1. The summed E-state index contributed by atoms with van der Waals surface area (Å²) in [6, 6.07) is 0.682. The first kappa shape index (κ1) is 16.3. The maximum absolute atomic E-state index is 13.7. The Morgan fingerprint density at radius 1 is 1.10 bits per heavy atom. The monoisotopic (exact) mass is 322 g/mol. The third kappa shape index (κ3) is 3.38. The van der Waals surface area contributed by atoms with Crippen LogP contribution in [0.15, 0.2) is 17.0 Å². The molecule has 118 valence electrons. The topological polar surface area (TPSA) is 72.2 Å². The zero-order chi connectivity index (χ0) is 15.7. The molecule has 1 fully saturated rings. The van der Waals surface area contributed by atoms with Gasteiger partial charge in [-0.05, 0) is 12.8 Å². The van der Waals surface area contributed by atoms with Crippen molar-refractivity contribution in [3.63, 3.8) is 0 Å². The summed E-state index contributed by atoms with van der Waals surface area (Å²) >= 11 is 0. The highest BCUT2D eigenvalue weighted by molar-refractivity contribution is 7.89. The van der Waals surface area contributed by atoms with Crippen LogP contribution in [0.5, 0.6) is 0 Å². The second-order valence-electron chi connectivity index (χ2n) is 5.35. The standard InChI is InChI=1S/C13H17F3N2O2S/c14-9-6-10(15)12(11(16)7-9)21(19,20)18-13(8-17)4-2-1-3-5-13/h6-7,18H,1-5,8,17H2. The molecule has 0 aromatic heterocycles. The van der Waals surface area contributed by atoms with E-state index in [9.17, 15) is 21.6 Å². The molecule has 0 amide bonds. The molecule has 0 spiro atoms. The van der Waals surface area contributed by atoms with E-state index in [2.05, 4.69) is 4.72 Å². The fraction of sp³-hybridized carbons (Fsp3) is 0.538. The first-order chi connectivity index (χ1) is 9.80. The minimum atomic E-state index is -4.46. The quantitative estimate of drug-likeness (QED) is 0.891. The van der Waals surface area contributed by atoms with E-state index in [1.54, 1.807) is 0 Å². The highest BCUT2D eigenvalue weighted by Gasteiger charge is 2.37. The number of hydrogen-bond acceptors (Lipinski definition) is 3. The Morgan fingerprint density at radius 3 is 2.10 bits per heavy atom. The predicted octanol–water partition coefficient (Wildman–Crippen LogP) is 2.04. The van der Waals surface area contributed by atoms with E-state index < -0.39 is 37.9 Å². The molecule has 0 heterocycles. The maximum atomic E-state index is 13.7. The SMILES string of the molecule is NCC1(NS(=O)(=O)c2c(F)cc(F)cc2F)CCCCC1. The Bertz CT molecular complexity index is 605. The Balaban J connectivity index is 2.38. The second-order valence-corrected chi connectivity index (χ2v) is 6.97. The number of hydrogen-bond donors (Lipinski definition) is 2. The van der Waals surface area contributed by atoms with Gasteiger partial charge >= 0.3 is 0 Å². The van der Waals surface area contributed by atoms with Gasteiger partial charge in [0.15, 0.2) is 4.90 Å². The third-order valence-electron chi connectivity index (χ3n) is 3.78. The largest absolute Gasteiger partial charge is 0.329 e. The molecule has 2 rings (SSSR count). The molecule has 0 aliphatic heterocycles. The summed E-state index contributed by atoms with van der Waals surface area (Å²) in [6.07, 6.45) is 3.55. The van der Waals surface area contributed by atoms with E-state index in [1.165, 1.54) is 0 Å². The van der Waals surface area contributed by atoms with Gasteiger partial charge in [0.2, 0.25) is 10.0 Å². The molecule has 3 N–H and O–H groups in total. The van der Waals surface area contributed by atoms with Crippen LogP contribution < -0.4 is 10.5 Å². The van der Waals surface area contributed by atoms with E-state index in [0.717, 1.165) is 19.3 Å². The fourth-order valence-corrected chi connectivity index (χ4v) is 4.29. The first-order valence-electron chi connectivity index (χ1n) is 6.68. The third-order valence-corrected chi connectivity index (χ3v) is 5.41. The van der Waals surface area contributed by atoms with Gasteiger partial charge in [-0.3, -0.25) is 0 Å². The average Bonchev–Trinajstić information content (AvgIpc) is 2.37. The molecule has 4 nitrogen and oxygen atoms in total. The van der Waals surface area contributed by atoms with Crippen LogP contribution in [0.2, 0.25) is 0 Å². The van der Waals surface area contributed by atoms with Crippen molar-refractivity contribution < 1.29 is 21.6 Å². The normalized spacial score (nSPS) is 18.7. The lowest BCUT2D eigenvalue weighted by molar-refractivity contribution is 0.276. The summed E-state index contributed by atoms with van der Waals surface area (Å²) in [5, 5.41) is 0. The highest BCUT2D eigenvalue weighted by atomic mass is 32.2. The molecule has 21 heavy (non-hydrogen) atoms. The molecular weight excluding hydrogens is 305 g/mol. The Hall–Kier alpha value is -1.12. The van der Waals surface area contributed by atoms with Gasteiger partial charge in [-0.2, -0.15) is 0 Å². The lowest BCUT2D eigenvalue weighted by Gasteiger charge is -2.36. The molecule has 0 saturated heterocycles. The van der Waals surface area contributed by atoms with Crippen LogP contribution in [0.3, 0.4) is 0 Å². The van der Waals surface area contributed by atoms with E-state index in [-0.39, 0.29) is 6.54 Å². The lowest BCUT2D eigenvalue weighted by atomic mass is 9.83. The van der Waals surface area contributed by atoms with Crippen molar-refractivity contribution >= 4 is 10.0 Å². The molecule has 0 radical (unpaired) electrons. The van der Waals surface area contributed by atoms with Gasteiger partial charge < -0.3 is 5.73 Å². The van der Waals surface area contributed by atoms with Gasteiger partial charge in [-0.25, -0.2) is 26.3 Å². The van der Waals surface area contributed by atoms with Crippen LogP contribution in [0, 0.1) is 17.5 Å². The molecule has 1 saturated carbocycles. The van der Waals surface area contributed by atoms with Crippen molar-refractivity contribution in [3.8, 4) is 0 Å². The summed E-state index contributed by atoms with van der Waals surface area (Å²) in [5.41, 5.74) is 4.75. The van der Waals surface area contributed by atoms with Gasteiger partial charge in [0, 0.05) is 24.2 Å². The zero-order valence-corrected chi connectivity index (χ0v) is 12.1. The molecule has 1 aromatic carbocycles. The van der Waals surface area contributed by atoms with Crippen LogP contribution in [0.4, 0.5) is 13.2 Å². The van der Waals surface area contributed by atoms with Crippen molar-refractivity contribution in [2.24, 2.45) is 5.73 Å². The molecule has 0 unspecified atom stereocenters. The number of nitrogens with two attached hydrogens (primary N) is 1. The number of sulfonamides is 1. The summed E-state index contributed by atoms with van der Waals surface area (Å²) in [4.78, 5) is -1.16. The fourth-order valence-electron chi connectivity index (χ4n) is 2.70. The number of rotatable bonds is 4. The van der Waals surface area contributed by atoms with E-state index in [0.29, 0.717) is 25.0 Å². The van der Waals surface area contributed by atoms with Crippen LogP contribution in [0.25, 0.3) is 0 Å². The van der Waals surface area contributed by atoms with Crippen LogP contribution in [-0.2, 0) is 10.0 Å². The van der Waals surface area contributed by atoms with Gasteiger partial charge in [-0.15, -0.1) is 0 Å². The summed E-state index contributed by atoms with van der Waals surface area (Å²) in [5.74, 6) is -4.08. The van der Waals surface area contributed by atoms with Gasteiger partial charge in [0.25, 0.3) is 0 Å². The Morgan fingerprint density at radius 2 is 1.62 bits per heavy atom. The molecule has 0 bridgehead atoms. The Kier molecular flexibility index (Phi) is 4.60. The van der Waals surface area contributed by atoms with Gasteiger partial charge in [-0.1, -0.05) is 19.3 Å². The average molecular weight is 322 g/mol. The predicted molar refractivity (Wildman–Crippen MR) is 71.5 cm³/mol. The van der Waals surface area contributed by atoms with E-state index in [4.69, 9.17) is 5.73 Å². The molecular formula is C13H17F3N2O2S. The molecule has 0 atom stereocenters. The maximum Gasteiger partial charge on any atom is 0.246 e.